The molecule has 0 aliphatic carbocycles. The molecule has 2 rings (SSSR count). The van der Waals surface area contributed by atoms with E-state index in [1.807, 2.05) is 24.3 Å². The van der Waals surface area contributed by atoms with Gasteiger partial charge in [-0.1, -0.05) is 31.5 Å². The summed E-state index contributed by atoms with van der Waals surface area (Å²) in [5.74, 6) is 0.858. The molecule has 0 aromatic heterocycles. The molecule has 0 N–H and O–H groups in total. The van der Waals surface area contributed by atoms with Crippen molar-refractivity contribution >= 4 is 12.6 Å². The lowest BCUT2D eigenvalue weighted by Crippen LogP contribution is -2.41. The van der Waals surface area contributed by atoms with E-state index in [1.54, 1.807) is 0 Å². The molecule has 3 nitrogen and oxygen atoms in total. The molecule has 1 heterocycles. The molecule has 1 aromatic rings. The third-order valence-electron chi connectivity index (χ3n) is 4.45. The van der Waals surface area contributed by atoms with E-state index in [9.17, 15) is 0 Å². The Labute approximate surface area is 129 Å². The highest BCUT2D eigenvalue weighted by atomic mass is 16.7. The van der Waals surface area contributed by atoms with Crippen molar-refractivity contribution in [3.05, 3.63) is 24.3 Å². The minimum atomic E-state index is -0.375. The van der Waals surface area contributed by atoms with Crippen LogP contribution < -0.4 is 10.2 Å². The van der Waals surface area contributed by atoms with Crippen LogP contribution in [-0.4, -0.2) is 24.4 Å². The van der Waals surface area contributed by atoms with Gasteiger partial charge in [-0.3, -0.25) is 0 Å². The molecule has 1 aliphatic rings. The summed E-state index contributed by atoms with van der Waals surface area (Å²) < 4.78 is 18.3. The van der Waals surface area contributed by atoms with Crippen LogP contribution >= 0.6 is 0 Å². The fourth-order valence-corrected chi connectivity index (χ4v) is 2.43. The summed E-state index contributed by atoms with van der Waals surface area (Å²) in [4.78, 5) is 0. The fourth-order valence-electron chi connectivity index (χ4n) is 2.43. The molecular weight excluding hydrogens is 263 g/mol. The van der Waals surface area contributed by atoms with E-state index < -0.39 is 0 Å². The first kappa shape index (κ1) is 16.4. The van der Waals surface area contributed by atoms with Gasteiger partial charge in [-0.25, -0.2) is 0 Å². The van der Waals surface area contributed by atoms with Crippen molar-refractivity contribution in [3.8, 4) is 5.75 Å². The summed E-state index contributed by atoms with van der Waals surface area (Å²) in [5, 5.41) is 0. The lowest BCUT2D eigenvalue weighted by molar-refractivity contribution is 0.00578. The molecule has 0 amide bonds. The van der Waals surface area contributed by atoms with Crippen LogP contribution in [0.2, 0.25) is 0 Å². The Morgan fingerprint density at radius 1 is 1.10 bits per heavy atom. The summed E-state index contributed by atoms with van der Waals surface area (Å²) in [6.45, 7) is 12.5. The predicted octanol–water partition coefficient (Wildman–Crippen LogP) is 3.55. The van der Waals surface area contributed by atoms with Crippen LogP contribution in [0, 0.1) is 0 Å². The van der Waals surface area contributed by atoms with E-state index in [4.69, 9.17) is 14.0 Å². The van der Waals surface area contributed by atoms with Gasteiger partial charge >= 0.3 is 7.12 Å². The molecule has 1 aromatic carbocycles. The van der Waals surface area contributed by atoms with E-state index in [1.165, 1.54) is 0 Å². The van der Waals surface area contributed by atoms with Crippen LogP contribution in [0.4, 0.5) is 0 Å². The van der Waals surface area contributed by atoms with Crippen LogP contribution in [0.5, 0.6) is 5.75 Å². The van der Waals surface area contributed by atoms with Crippen molar-refractivity contribution in [3.63, 3.8) is 0 Å². The van der Waals surface area contributed by atoms with E-state index in [-0.39, 0.29) is 24.4 Å². The number of hydrogen-bond acceptors (Lipinski definition) is 3. The van der Waals surface area contributed by atoms with Crippen molar-refractivity contribution in [1.82, 2.24) is 0 Å². The van der Waals surface area contributed by atoms with Gasteiger partial charge in [0.2, 0.25) is 0 Å². The average molecular weight is 290 g/mol. The number of ether oxygens (including phenoxy) is 1. The second-order valence-corrected chi connectivity index (χ2v) is 6.84. The maximum Gasteiger partial charge on any atom is 0.498 e. The molecule has 1 fully saturated rings. The van der Waals surface area contributed by atoms with Crippen molar-refractivity contribution in [2.75, 3.05) is 0 Å². The summed E-state index contributed by atoms with van der Waals surface area (Å²) in [6, 6.07) is 8.00. The van der Waals surface area contributed by atoms with E-state index >= 15 is 0 Å². The Kier molecular flexibility index (Phi) is 4.69. The van der Waals surface area contributed by atoms with Crippen LogP contribution in [0.25, 0.3) is 0 Å². The van der Waals surface area contributed by atoms with Crippen molar-refractivity contribution < 1.29 is 14.0 Å². The van der Waals surface area contributed by atoms with E-state index in [0.717, 1.165) is 24.1 Å². The first-order valence-electron chi connectivity index (χ1n) is 7.88. The number of rotatable bonds is 5. The van der Waals surface area contributed by atoms with Crippen molar-refractivity contribution in [2.24, 2.45) is 0 Å². The normalized spacial score (nSPS) is 21.3. The number of benzene rings is 1. The Morgan fingerprint density at radius 3 is 2.24 bits per heavy atom. The second kappa shape index (κ2) is 6.01. The van der Waals surface area contributed by atoms with Gasteiger partial charge in [-0.15, -0.1) is 0 Å². The van der Waals surface area contributed by atoms with Gasteiger partial charge in [-0.05, 0) is 47.1 Å². The molecule has 4 heteroatoms. The number of para-hydroxylation sites is 1. The smallest absolute Gasteiger partial charge is 0.491 e. The van der Waals surface area contributed by atoms with Gasteiger partial charge in [0, 0.05) is 5.46 Å². The molecule has 0 bridgehead atoms. The minimum Gasteiger partial charge on any atom is -0.491 e. The van der Waals surface area contributed by atoms with E-state index in [2.05, 4.69) is 41.5 Å². The predicted molar refractivity (Wildman–Crippen MR) is 87.2 cm³/mol. The van der Waals surface area contributed by atoms with Gasteiger partial charge < -0.3 is 14.0 Å². The Hall–Kier alpha value is -0.995. The summed E-state index contributed by atoms with van der Waals surface area (Å²) in [6.07, 6.45) is 2.34. The molecule has 1 aliphatic heterocycles. The molecular formula is C17H27BO3. The minimum absolute atomic E-state index is 0.193. The lowest BCUT2D eigenvalue weighted by atomic mass is 9.78. The SMILES string of the molecule is CCCC(C)Oc1ccccc1B1OC(C)(C)C(C)(C)O1. The zero-order chi connectivity index (χ0) is 15.7. The van der Waals surface area contributed by atoms with Crippen molar-refractivity contribution in [2.45, 2.75) is 71.7 Å². The largest absolute Gasteiger partial charge is 0.498 e. The Bertz CT molecular complexity index is 469. The number of hydrogen-bond donors (Lipinski definition) is 0. The first-order chi connectivity index (χ1) is 9.77. The summed E-state index contributed by atoms with van der Waals surface area (Å²) in [5.41, 5.74) is 0.304. The van der Waals surface area contributed by atoms with Gasteiger partial charge in [0.05, 0.1) is 17.3 Å². The van der Waals surface area contributed by atoms with Gasteiger partial charge in [0.15, 0.2) is 0 Å². The maximum absolute atomic E-state index is 6.13. The molecule has 0 saturated carbocycles. The highest BCUT2D eigenvalue weighted by molar-refractivity contribution is 6.63. The van der Waals surface area contributed by atoms with Gasteiger partial charge in [-0.2, -0.15) is 0 Å². The Morgan fingerprint density at radius 2 is 1.67 bits per heavy atom. The third-order valence-corrected chi connectivity index (χ3v) is 4.45. The fraction of sp³-hybridized carbons (Fsp3) is 0.647. The molecule has 116 valence electrons. The van der Waals surface area contributed by atoms with Gasteiger partial charge in [0.1, 0.15) is 5.75 Å². The van der Waals surface area contributed by atoms with Crippen molar-refractivity contribution in [1.29, 1.82) is 0 Å². The van der Waals surface area contributed by atoms with Crippen LogP contribution in [-0.2, 0) is 9.31 Å². The first-order valence-corrected chi connectivity index (χ1v) is 7.88. The highest BCUT2D eigenvalue weighted by Crippen LogP contribution is 2.37. The molecule has 1 saturated heterocycles. The molecule has 0 spiro atoms. The molecule has 1 unspecified atom stereocenters. The standard InChI is InChI=1S/C17H27BO3/c1-7-10-13(2)19-15-12-9-8-11-14(15)18-20-16(3,4)17(5,6)21-18/h8-9,11-13H,7,10H2,1-6H3. The Balaban J connectivity index is 2.22. The maximum atomic E-state index is 6.13. The summed E-state index contributed by atoms with van der Waals surface area (Å²) in [7, 11) is -0.375. The quantitative estimate of drug-likeness (QED) is 0.776. The summed E-state index contributed by atoms with van der Waals surface area (Å²) >= 11 is 0. The zero-order valence-electron chi connectivity index (χ0n) is 14.1. The average Bonchev–Trinajstić information content (AvgIpc) is 2.59. The highest BCUT2D eigenvalue weighted by Gasteiger charge is 2.52. The zero-order valence-corrected chi connectivity index (χ0v) is 14.1. The molecule has 21 heavy (non-hydrogen) atoms. The van der Waals surface area contributed by atoms with E-state index in [0.29, 0.717) is 0 Å². The van der Waals surface area contributed by atoms with Crippen LogP contribution in [0.3, 0.4) is 0 Å². The van der Waals surface area contributed by atoms with Crippen LogP contribution in [0.1, 0.15) is 54.4 Å². The monoisotopic (exact) mass is 290 g/mol. The molecule has 1 atom stereocenters. The third kappa shape index (κ3) is 3.43. The van der Waals surface area contributed by atoms with Gasteiger partial charge in [0.25, 0.3) is 0 Å². The lowest BCUT2D eigenvalue weighted by Gasteiger charge is -2.32. The topological polar surface area (TPSA) is 27.7 Å². The second-order valence-electron chi connectivity index (χ2n) is 6.84. The molecule has 0 radical (unpaired) electrons. The van der Waals surface area contributed by atoms with Crippen LogP contribution in [0.15, 0.2) is 24.3 Å².